The molecular formula is C7H9NO3. The molecule has 1 heterocycles. The summed E-state index contributed by atoms with van der Waals surface area (Å²) in [7, 11) is 2.89. The third-order valence-corrected chi connectivity index (χ3v) is 1.58. The number of amides is 2. The highest BCUT2D eigenvalue weighted by Crippen LogP contribution is 2.11. The highest BCUT2D eigenvalue weighted by atomic mass is 16.5. The van der Waals surface area contributed by atoms with Gasteiger partial charge in [-0.1, -0.05) is 0 Å². The van der Waals surface area contributed by atoms with Crippen LogP contribution >= 0.6 is 0 Å². The van der Waals surface area contributed by atoms with Crippen LogP contribution in [0.3, 0.4) is 0 Å². The molecule has 11 heavy (non-hydrogen) atoms. The maximum atomic E-state index is 11.0. The first-order chi connectivity index (χ1) is 5.15. The Bertz CT molecular complexity index is 232. The van der Waals surface area contributed by atoms with Gasteiger partial charge in [-0.05, 0) is 0 Å². The lowest BCUT2D eigenvalue weighted by molar-refractivity contribution is -0.141. The number of carbonyl (C=O) groups is 2. The van der Waals surface area contributed by atoms with Crippen LogP contribution in [0.2, 0.25) is 0 Å². The van der Waals surface area contributed by atoms with Gasteiger partial charge in [0.25, 0.3) is 5.91 Å². The third-order valence-electron chi connectivity index (χ3n) is 1.58. The van der Waals surface area contributed by atoms with Crippen LogP contribution in [0.15, 0.2) is 11.8 Å². The third kappa shape index (κ3) is 1.39. The molecule has 1 aliphatic heterocycles. The summed E-state index contributed by atoms with van der Waals surface area (Å²) < 4.78 is 4.77. The second kappa shape index (κ2) is 2.74. The van der Waals surface area contributed by atoms with Gasteiger partial charge in [0.1, 0.15) is 5.76 Å². The zero-order valence-electron chi connectivity index (χ0n) is 6.46. The Kier molecular flexibility index (Phi) is 1.94. The van der Waals surface area contributed by atoms with E-state index < -0.39 is 0 Å². The van der Waals surface area contributed by atoms with Gasteiger partial charge in [-0.25, -0.2) is 0 Å². The summed E-state index contributed by atoms with van der Waals surface area (Å²) in [5.41, 5.74) is 0. The van der Waals surface area contributed by atoms with Gasteiger partial charge in [-0.3, -0.25) is 14.5 Å². The lowest BCUT2D eigenvalue weighted by atomic mass is 10.2. The van der Waals surface area contributed by atoms with Crippen molar-refractivity contribution >= 4 is 11.8 Å². The smallest absolute Gasteiger partial charge is 0.256 e. The fourth-order valence-electron chi connectivity index (χ4n) is 0.807. The molecule has 0 unspecified atom stereocenters. The Morgan fingerprint density at radius 1 is 1.55 bits per heavy atom. The van der Waals surface area contributed by atoms with Crippen molar-refractivity contribution in [3.05, 3.63) is 11.8 Å². The van der Waals surface area contributed by atoms with Crippen LogP contribution < -0.4 is 0 Å². The number of hydrogen-bond donors (Lipinski definition) is 0. The molecule has 0 radical (unpaired) electrons. The van der Waals surface area contributed by atoms with Crippen LogP contribution in [0.1, 0.15) is 6.42 Å². The summed E-state index contributed by atoms with van der Waals surface area (Å²) in [6.45, 7) is 0. The molecule has 0 spiro atoms. The number of hydrogen-bond acceptors (Lipinski definition) is 3. The number of imide groups is 1. The summed E-state index contributed by atoms with van der Waals surface area (Å²) in [6, 6.07) is 0. The Morgan fingerprint density at radius 3 is 2.64 bits per heavy atom. The minimum atomic E-state index is -0.321. The SMILES string of the molecule is COC1=CC(=O)N(C)C(=O)C1. The normalized spacial score (nSPS) is 18.4. The fourth-order valence-corrected chi connectivity index (χ4v) is 0.807. The number of rotatable bonds is 1. The molecule has 4 nitrogen and oxygen atoms in total. The van der Waals surface area contributed by atoms with Crippen LogP contribution in [0.4, 0.5) is 0 Å². The van der Waals surface area contributed by atoms with Crippen molar-refractivity contribution in [3.8, 4) is 0 Å². The average Bonchev–Trinajstić information content (AvgIpc) is 1.99. The van der Waals surface area contributed by atoms with E-state index in [1.165, 1.54) is 20.2 Å². The maximum absolute atomic E-state index is 11.0. The Morgan fingerprint density at radius 2 is 2.18 bits per heavy atom. The van der Waals surface area contributed by atoms with Crippen LogP contribution in [-0.4, -0.2) is 30.9 Å². The highest BCUT2D eigenvalue weighted by molar-refractivity contribution is 6.04. The minimum absolute atomic E-state index is 0.179. The van der Waals surface area contributed by atoms with Gasteiger partial charge in [0.15, 0.2) is 0 Å². The molecule has 1 aliphatic rings. The maximum Gasteiger partial charge on any atom is 0.256 e. The predicted octanol–water partition coefficient (Wildman–Crippen LogP) is -0.0946. The molecule has 0 aromatic carbocycles. The minimum Gasteiger partial charge on any atom is -0.500 e. The van der Waals surface area contributed by atoms with Crippen molar-refractivity contribution < 1.29 is 14.3 Å². The molecule has 0 bridgehead atoms. The van der Waals surface area contributed by atoms with Crippen molar-refractivity contribution in [1.82, 2.24) is 4.90 Å². The van der Waals surface area contributed by atoms with Crippen LogP contribution in [-0.2, 0) is 14.3 Å². The zero-order chi connectivity index (χ0) is 8.43. The zero-order valence-corrected chi connectivity index (χ0v) is 6.46. The van der Waals surface area contributed by atoms with Gasteiger partial charge in [-0.2, -0.15) is 0 Å². The number of likely N-dealkylation sites (N-methyl/N-ethyl adjacent to an activating group) is 1. The molecular weight excluding hydrogens is 146 g/mol. The molecule has 0 N–H and O–H groups in total. The summed E-state index contributed by atoms with van der Waals surface area (Å²) in [5.74, 6) is -0.120. The van der Waals surface area contributed by atoms with Gasteiger partial charge in [-0.15, -0.1) is 0 Å². The van der Waals surface area contributed by atoms with Crippen molar-refractivity contribution in [2.24, 2.45) is 0 Å². The quantitative estimate of drug-likeness (QED) is 0.497. The second-order valence-electron chi connectivity index (χ2n) is 2.28. The summed E-state index contributed by atoms with van der Waals surface area (Å²) >= 11 is 0. The largest absolute Gasteiger partial charge is 0.500 e. The van der Waals surface area contributed by atoms with E-state index >= 15 is 0 Å². The van der Waals surface area contributed by atoms with Gasteiger partial charge in [0.05, 0.1) is 13.5 Å². The van der Waals surface area contributed by atoms with Crippen molar-refractivity contribution in [2.45, 2.75) is 6.42 Å². The highest BCUT2D eigenvalue weighted by Gasteiger charge is 2.22. The first kappa shape index (κ1) is 7.78. The van der Waals surface area contributed by atoms with E-state index in [2.05, 4.69) is 0 Å². The van der Waals surface area contributed by atoms with E-state index in [4.69, 9.17) is 4.74 Å². The van der Waals surface area contributed by atoms with Crippen LogP contribution in [0.25, 0.3) is 0 Å². The molecule has 0 aliphatic carbocycles. The number of ether oxygens (including phenoxy) is 1. The first-order valence-electron chi connectivity index (χ1n) is 3.20. The van der Waals surface area contributed by atoms with Crippen molar-refractivity contribution in [1.29, 1.82) is 0 Å². The fraction of sp³-hybridized carbons (Fsp3) is 0.429. The Labute approximate surface area is 64.4 Å². The van der Waals surface area contributed by atoms with E-state index in [0.29, 0.717) is 5.76 Å². The van der Waals surface area contributed by atoms with Crippen LogP contribution in [0, 0.1) is 0 Å². The molecule has 2 amide bonds. The van der Waals surface area contributed by atoms with E-state index in [9.17, 15) is 9.59 Å². The molecule has 0 aromatic rings. The topological polar surface area (TPSA) is 46.6 Å². The molecule has 0 aromatic heterocycles. The molecule has 4 heteroatoms. The predicted molar refractivity (Wildman–Crippen MR) is 37.5 cm³/mol. The summed E-state index contributed by atoms with van der Waals surface area (Å²) in [4.78, 5) is 23.0. The monoisotopic (exact) mass is 155 g/mol. The van der Waals surface area contributed by atoms with Gasteiger partial charge >= 0.3 is 0 Å². The molecule has 0 saturated heterocycles. The lowest BCUT2D eigenvalue weighted by Crippen LogP contribution is -2.35. The van der Waals surface area contributed by atoms with Crippen LogP contribution in [0.5, 0.6) is 0 Å². The Hall–Kier alpha value is -1.32. The number of carbonyl (C=O) groups excluding carboxylic acids is 2. The number of nitrogens with zero attached hydrogens (tertiary/aromatic N) is 1. The summed E-state index contributed by atoms with van der Waals surface area (Å²) in [5, 5.41) is 0. The average molecular weight is 155 g/mol. The van der Waals surface area contributed by atoms with E-state index in [1.807, 2.05) is 0 Å². The van der Waals surface area contributed by atoms with E-state index in [-0.39, 0.29) is 18.2 Å². The molecule has 0 saturated carbocycles. The molecule has 0 fully saturated rings. The first-order valence-corrected chi connectivity index (χ1v) is 3.20. The van der Waals surface area contributed by atoms with E-state index in [1.54, 1.807) is 0 Å². The molecule has 0 atom stereocenters. The van der Waals surface area contributed by atoms with Crippen molar-refractivity contribution in [3.63, 3.8) is 0 Å². The van der Waals surface area contributed by atoms with Gasteiger partial charge in [0.2, 0.25) is 5.91 Å². The van der Waals surface area contributed by atoms with Gasteiger partial charge in [0, 0.05) is 13.1 Å². The molecule has 60 valence electrons. The van der Waals surface area contributed by atoms with E-state index in [0.717, 1.165) is 4.90 Å². The number of methoxy groups -OCH3 is 1. The van der Waals surface area contributed by atoms with Crippen molar-refractivity contribution in [2.75, 3.05) is 14.2 Å². The summed E-state index contributed by atoms with van der Waals surface area (Å²) in [6.07, 6.45) is 1.50. The second-order valence-corrected chi connectivity index (χ2v) is 2.28. The molecule has 1 rings (SSSR count). The standard InChI is InChI=1S/C7H9NO3/c1-8-6(9)3-5(11-2)4-7(8)10/h3H,4H2,1-2H3. The Balaban J connectivity index is 2.85. The van der Waals surface area contributed by atoms with Gasteiger partial charge < -0.3 is 4.74 Å². The lowest BCUT2D eigenvalue weighted by Gasteiger charge is -2.19.